The molecule has 1 aromatic heterocycles. The molecule has 2 aromatic rings. The molecule has 0 saturated carbocycles. The number of hydrogen-bond donors (Lipinski definition) is 1. The van der Waals surface area contributed by atoms with Gasteiger partial charge in [0, 0.05) is 31.9 Å². The first-order chi connectivity index (χ1) is 16.2. The van der Waals surface area contributed by atoms with Gasteiger partial charge in [0.1, 0.15) is 0 Å². The van der Waals surface area contributed by atoms with E-state index in [0.29, 0.717) is 51.1 Å². The topological polar surface area (TPSA) is 90.4 Å². The summed E-state index contributed by atoms with van der Waals surface area (Å²) in [6.07, 6.45) is -2.94. The van der Waals surface area contributed by atoms with Crippen LogP contribution in [0.15, 0.2) is 35.0 Å². The van der Waals surface area contributed by atoms with Gasteiger partial charge in [-0.25, -0.2) is 0 Å². The van der Waals surface area contributed by atoms with Crippen molar-refractivity contribution in [3.8, 4) is 6.07 Å². The summed E-state index contributed by atoms with van der Waals surface area (Å²) in [4.78, 5) is 28.5. The molecule has 2 saturated heterocycles. The highest BCUT2D eigenvalue weighted by Gasteiger charge is 2.43. The van der Waals surface area contributed by atoms with Crippen molar-refractivity contribution < 1.29 is 22.8 Å². The quantitative estimate of drug-likeness (QED) is 0.693. The van der Waals surface area contributed by atoms with Crippen molar-refractivity contribution in [2.75, 3.05) is 31.1 Å². The SMILES string of the molecule is N#Cc1ccc(N2CCC([C@@H]3CN(C(=O)Cc4ccsc4)C[C@H]3C(N)=O)CC2)cc1C(F)(F)F. The van der Waals surface area contributed by atoms with Crippen molar-refractivity contribution in [1.82, 2.24) is 4.90 Å². The van der Waals surface area contributed by atoms with E-state index >= 15 is 0 Å². The molecule has 0 radical (unpaired) electrons. The van der Waals surface area contributed by atoms with E-state index in [-0.39, 0.29) is 17.7 Å². The number of likely N-dealkylation sites (tertiary alicyclic amines) is 1. The summed E-state index contributed by atoms with van der Waals surface area (Å²) in [6, 6.07) is 7.30. The molecular formula is C24H25F3N4O2S. The lowest BCUT2D eigenvalue weighted by molar-refractivity contribution is -0.137. The van der Waals surface area contributed by atoms with Gasteiger partial charge in [-0.05, 0) is 65.3 Å². The minimum Gasteiger partial charge on any atom is -0.372 e. The zero-order valence-corrected chi connectivity index (χ0v) is 19.2. The average Bonchev–Trinajstić information content (AvgIpc) is 3.48. The average molecular weight is 491 g/mol. The highest BCUT2D eigenvalue weighted by atomic mass is 32.1. The molecule has 2 N–H and O–H groups in total. The molecule has 10 heteroatoms. The Morgan fingerprint density at radius 2 is 1.91 bits per heavy atom. The Morgan fingerprint density at radius 1 is 1.18 bits per heavy atom. The number of nitrogens with two attached hydrogens (primary N) is 1. The smallest absolute Gasteiger partial charge is 0.372 e. The Bertz CT molecular complexity index is 1090. The highest BCUT2D eigenvalue weighted by Crippen LogP contribution is 2.39. The summed E-state index contributed by atoms with van der Waals surface area (Å²) in [7, 11) is 0. The molecule has 0 aliphatic carbocycles. The number of thiophene rings is 1. The van der Waals surface area contributed by atoms with Crippen LogP contribution >= 0.6 is 11.3 Å². The highest BCUT2D eigenvalue weighted by molar-refractivity contribution is 7.08. The standard InChI is InChI=1S/C24H25F3N4O2S/c25-24(26,27)21-10-18(2-1-17(21)11-28)30-6-3-16(4-7-30)19-12-31(13-20(19)23(29)33)22(32)9-15-5-8-34-14-15/h1-2,5,8,10,14,16,19-20H,3-4,6-7,9,12-13H2,(H2,29,33)/t19-,20+/m0/s1. The maximum Gasteiger partial charge on any atom is 0.417 e. The zero-order chi connectivity index (χ0) is 24.5. The molecule has 2 aliphatic heterocycles. The third kappa shape index (κ3) is 5.04. The number of halogens is 3. The largest absolute Gasteiger partial charge is 0.417 e. The van der Waals surface area contributed by atoms with Gasteiger partial charge < -0.3 is 15.5 Å². The first-order valence-corrected chi connectivity index (χ1v) is 12.1. The number of nitriles is 1. The van der Waals surface area contributed by atoms with Crippen LogP contribution in [0.5, 0.6) is 0 Å². The Morgan fingerprint density at radius 3 is 2.50 bits per heavy atom. The van der Waals surface area contributed by atoms with Gasteiger partial charge in [-0.15, -0.1) is 0 Å². The molecule has 3 heterocycles. The number of anilines is 1. The van der Waals surface area contributed by atoms with Gasteiger partial charge in [0.2, 0.25) is 11.8 Å². The summed E-state index contributed by atoms with van der Waals surface area (Å²) in [6.45, 7) is 1.83. The fraction of sp³-hybridized carbons (Fsp3) is 0.458. The van der Waals surface area contributed by atoms with Crippen LogP contribution in [0.3, 0.4) is 0 Å². The second-order valence-electron chi connectivity index (χ2n) is 8.94. The first-order valence-electron chi connectivity index (χ1n) is 11.1. The normalized spacial score (nSPS) is 21.5. The number of rotatable bonds is 5. The van der Waals surface area contributed by atoms with E-state index in [1.165, 1.54) is 17.4 Å². The summed E-state index contributed by atoms with van der Waals surface area (Å²) >= 11 is 1.53. The molecule has 0 spiro atoms. The summed E-state index contributed by atoms with van der Waals surface area (Å²) < 4.78 is 40.0. The van der Waals surface area contributed by atoms with Gasteiger partial charge in [-0.3, -0.25) is 9.59 Å². The lowest BCUT2D eigenvalue weighted by atomic mass is 9.78. The first kappa shape index (κ1) is 24.1. The number of benzene rings is 1. The number of hydrogen-bond acceptors (Lipinski definition) is 5. The van der Waals surface area contributed by atoms with E-state index < -0.39 is 29.1 Å². The lowest BCUT2D eigenvalue weighted by Gasteiger charge is -2.37. The van der Waals surface area contributed by atoms with Crippen molar-refractivity contribution in [1.29, 1.82) is 5.26 Å². The van der Waals surface area contributed by atoms with Crippen LogP contribution in [0.25, 0.3) is 0 Å². The van der Waals surface area contributed by atoms with Crippen molar-refractivity contribution in [3.05, 3.63) is 51.7 Å². The van der Waals surface area contributed by atoms with Crippen molar-refractivity contribution in [3.63, 3.8) is 0 Å². The molecule has 1 aromatic carbocycles. The monoisotopic (exact) mass is 490 g/mol. The number of carbonyl (C=O) groups excluding carboxylic acids is 2. The molecule has 2 amide bonds. The maximum absolute atomic E-state index is 13.3. The minimum absolute atomic E-state index is 0.0261. The molecule has 180 valence electrons. The van der Waals surface area contributed by atoms with E-state index in [9.17, 15) is 22.8 Å². The predicted molar refractivity (Wildman–Crippen MR) is 122 cm³/mol. The number of amides is 2. The molecule has 4 rings (SSSR count). The number of piperidine rings is 1. The fourth-order valence-electron chi connectivity index (χ4n) is 5.14. The van der Waals surface area contributed by atoms with Gasteiger partial charge >= 0.3 is 6.18 Å². The van der Waals surface area contributed by atoms with Crippen LogP contribution < -0.4 is 10.6 Å². The summed E-state index contributed by atoms with van der Waals surface area (Å²) in [5, 5.41) is 12.9. The predicted octanol–water partition coefficient (Wildman–Crippen LogP) is 3.66. The molecule has 2 atom stereocenters. The number of alkyl halides is 3. The minimum atomic E-state index is -4.60. The molecule has 0 unspecified atom stereocenters. The third-order valence-corrected chi connectivity index (χ3v) is 7.69. The molecule has 2 aliphatic rings. The van der Waals surface area contributed by atoms with Crippen LogP contribution in [0.4, 0.5) is 18.9 Å². The van der Waals surface area contributed by atoms with Crippen LogP contribution in [-0.2, 0) is 22.2 Å². The van der Waals surface area contributed by atoms with Crippen LogP contribution in [0, 0.1) is 29.1 Å². The Labute approximate surface area is 199 Å². The van der Waals surface area contributed by atoms with E-state index in [1.807, 2.05) is 21.7 Å². The molecule has 2 fully saturated rings. The Kier molecular flexibility index (Phi) is 6.84. The number of carbonyl (C=O) groups is 2. The molecular weight excluding hydrogens is 465 g/mol. The van der Waals surface area contributed by atoms with Crippen LogP contribution in [0.1, 0.15) is 29.5 Å². The molecule has 6 nitrogen and oxygen atoms in total. The third-order valence-electron chi connectivity index (χ3n) is 6.96. The summed E-state index contributed by atoms with van der Waals surface area (Å²) in [5.41, 5.74) is 5.72. The second kappa shape index (κ2) is 9.66. The van der Waals surface area contributed by atoms with Crippen molar-refractivity contribution in [2.24, 2.45) is 23.5 Å². The van der Waals surface area contributed by atoms with Crippen LogP contribution in [0.2, 0.25) is 0 Å². The van der Waals surface area contributed by atoms with Crippen LogP contribution in [-0.4, -0.2) is 42.9 Å². The Balaban J connectivity index is 1.42. The van der Waals surface area contributed by atoms with E-state index in [2.05, 4.69) is 0 Å². The van der Waals surface area contributed by atoms with Crippen molar-refractivity contribution in [2.45, 2.75) is 25.4 Å². The zero-order valence-electron chi connectivity index (χ0n) is 18.4. The number of primary amides is 1. The van der Waals surface area contributed by atoms with Crippen molar-refractivity contribution >= 4 is 28.8 Å². The molecule has 34 heavy (non-hydrogen) atoms. The Hall–Kier alpha value is -3.06. The van der Waals surface area contributed by atoms with Gasteiger partial charge in [-0.1, -0.05) is 0 Å². The van der Waals surface area contributed by atoms with E-state index in [1.54, 1.807) is 17.0 Å². The van der Waals surface area contributed by atoms with E-state index in [0.717, 1.165) is 11.6 Å². The lowest BCUT2D eigenvalue weighted by Crippen LogP contribution is -2.40. The summed E-state index contributed by atoms with van der Waals surface area (Å²) in [5.74, 6) is -0.775. The fourth-order valence-corrected chi connectivity index (χ4v) is 5.81. The van der Waals surface area contributed by atoms with Gasteiger partial charge in [0.25, 0.3) is 0 Å². The van der Waals surface area contributed by atoms with Gasteiger partial charge in [0.05, 0.1) is 29.5 Å². The molecule has 0 bridgehead atoms. The number of nitrogens with zero attached hydrogens (tertiary/aromatic N) is 3. The van der Waals surface area contributed by atoms with E-state index in [4.69, 9.17) is 11.0 Å². The maximum atomic E-state index is 13.3. The van der Waals surface area contributed by atoms with Gasteiger partial charge in [-0.2, -0.15) is 29.8 Å². The second-order valence-corrected chi connectivity index (χ2v) is 9.72. The van der Waals surface area contributed by atoms with Gasteiger partial charge in [0.15, 0.2) is 0 Å².